The summed E-state index contributed by atoms with van der Waals surface area (Å²) in [6.07, 6.45) is 1.11. The van der Waals surface area contributed by atoms with E-state index in [1.807, 2.05) is 0 Å². The van der Waals surface area contributed by atoms with Crippen LogP contribution in [-0.4, -0.2) is 27.6 Å². The summed E-state index contributed by atoms with van der Waals surface area (Å²) in [5, 5.41) is 0.573. The molecule has 0 saturated carbocycles. The lowest BCUT2D eigenvalue weighted by Crippen LogP contribution is -2.25. The van der Waals surface area contributed by atoms with E-state index in [0.29, 0.717) is 22.2 Å². The zero-order valence-electron chi connectivity index (χ0n) is 10.8. The topological polar surface area (TPSA) is 93.6 Å². The van der Waals surface area contributed by atoms with Gasteiger partial charge in [-0.2, -0.15) is 0 Å². The van der Waals surface area contributed by atoms with Gasteiger partial charge in [0, 0.05) is 18.0 Å². The summed E-state index contributed by atoms with van der Waals surface area (Å²) in [6, 6.07) is 4.97. The molecule has 1 aromatic carbocycles. The summed E-state index contributed by atoms with van der Waals surface area (Å²) in [5.74, 6) is -0.633. The van der Waals surface area contributed by atoms with E-state index >= 15 is 0 Å². The number of furan rings is 1. The highest BCUT2D eigenvalue weighted by atomic mass is 32.2. The molecule has 0 fully saturated rings. The molecule has 19 heavy (non-hydrogen) atoms. The second-order valence-corrected chi connectivity index (χ2v) is 6.31. The number of hydrogen-bond acceptors (Lipinski definition) is 4. The minimum atomic E-state index is -3.40. The molecule has 2 aromatic rings. The molecule has 1 heterocycles. The van der Waals surface area contributed by atoms with Gasteiger partial charge in [0.25, 0.3) is 5.91 Å². The molecule has 0 aliphatic heterocycles. The summed E-state index contributed by atoms with van der Waals surface area (Å²) in [7, 11) is -1.95. The fourth-order valence-electron chi connectivity index (χ4n) is 1.96. The molecule has 1 aromatic heterocycles. The fourth-order valence-corrected chi connectivity index (χ4v) is 2.47. The van der Waals surface area contributed by atoms with Crippen molar-refractivity contribution >= 4 is 32.6 Å². The Balaban J connectivity index is 2.80. The summed E-state index contributed by atoms with van der Waals surface area (Å²) in [4.78, 5) is 11.3. The van der Waals surface area contributed by atoms with Gasteiger partial charge < -0.3 is 10.2 Å². The predicted octanol–water partition coefficient (Wildman–Crippen LogP) is 1.24. The zero-order chi connectivity index (χ0) is 14.4. The SMILES string of the molecule is Cc1c(C(N)=O)oc2cccc(N(C)S(C)(=O)=O)c12. The van der Waals surface area contributed by atoms with Gasteiger partial charge in [0.2, 0.25) is 10.0 Å². The van der Waals surface area contributed by atoms with Crippen LogP contribution in [-0.2, 0) is 10.0 Å². The Hall–Kier alpha value is -2.02. The molecular weight excluding hydrogens is 268 g/mol. The average Bonchev–Trinajstić information content (AvgIpc) is 2.65. The van der Waals surface area contributed by atoms with Crippen molar-refractivity contribution in [1.82, 2.24) is 0 Å². The van der Waals surface area contributed by atoms with Crippen molar-refractivity contribution in [3.05, 3.63) is 29.5 Å². The third-order valence-electron chi connectivity index (χ3n) is 2.99. The van der Waals surface area contributed by atoms with Crippen LogP contribution in [0.1, 0.15) is 16.1 Å². The lowest BCUT2D eigenvalue weighted by atomic mass is 10.1. The van der Waals surface area contributed by atoms with Gasteiger partial charge in [-0.1, -0.05) is 6.07 Å². The van der Waals surface area contributed by atoms with Crippen LogP contribution >= 0.6 is 0 Å². The lowest BCUT2D eigenvalue weighted by molar-refractivity contribution is 0.0975. The molecule has 0 aliphatic carbocycles. The predicted molar refractivity (Wildman–Crippen MR) is 72.7 cm³/mol. The number of anilines is 1. The van der Waals surface area contributed by atoms with Crippen molar-refractivity contribution in [2.45, 2.75) is 6.92 Å². The Morgan fingerprint density at radius 1 is 1.37 bits per heavy atom. The Morgan fingerprint density at radius 3 is 2.53 bits per heavy atom. The molecule has 0 atom stereocenters. The number of nitrogens with zero attached hydrogens (tertiary/aromatic N) is 1. The molecule has 0 spiro atoms. The molecule has 0 aliphatic rings. The number of aryl methyl sites for hydroxylation is 1. The van der Waals surface area contributed by atoms with E-state index in [4.69, 9.17) is 10.2 Å². The molecule has 0 saturated heterocycles. The number of rotatable bonds is 3. The van der Waals surface area contributed by atoms with Crippen molar-refractivity contribution < 1.29 is 17.6 Å². The van der Waals surface area contributed by atoms with Gasteiger partial charge >= 0.3 is 0 Å². The van der Waals surface area contributed by atoms with Gasteiger partial charge in [-0.15, -0.1) is 0 Å². The second kappa shape index (κ2) is 4.27. The number of benzene rings is 1. The quantitative estimate of drug-likeness (QED) is 0.916. The monoisotopic (exact) mass is 282 g/mol. The first kappa shape index (κ1) is 13.4. The normalized spacial score (nSPS) is 11.7. The fraction of sp³-hybridized carbons (Fsp3) is 0.250. The van der Waals surface area contributed by atoms with E-state index in [0.717, 1.165) is 10.6 Å². The third kappa shape index (κ3) is 2.17. The van der Waals surface area contributed by atoms with Crippen molar-refractivity contribution in [2.75, 3.05) is 17.6 Å². The Kier molecular flexibility index (Phi) is 3.01. The van der Waals surface area contributed by atoms with Crippen molar-refractivity contribution in [1.29, 1.82) is 0 Å². The molecule has 0 radical (unpaired) electrons. The molecule has 6 nitrogen and oxygen atoms in total. The van der Waals surface area contributed by atoms with Crippen LogP contribution in [0.4, 0.5) is 5.69 Å². The first-order valence-corrected chi connectivity index (χ1v) is 7.34. The molecule has 0 unspecified atom stereocenters. The lowest BCUT2D eigenvalue weighted by Gasteiger charge is -2.17. The number of fused-ring (bicyclic) bond motifs is 1. The maximum absolute atomic E-state index is 11.6. The highest BCUT2D eigenvalue weighted by molar-refractivity contribution is 7.92. The minimum absolute atomic E-state index is 0.0457. The first-order valence-electron chi connectivity index (χ1n) is 5.49. The minimum Gasteiger partial charge on any atom is -0.451 e. The number of hydrogen-bond donors (Lipinski definition) is 1. The highest BCUT2D eigenvalue weighted by Crippen LogP contribution is 2.33. The van der Waals surface area contributed by atoms with Crippen molar-refractivity contribution in [3.8, 4) is 0 Å². The van der Waals surface area contributed by atoms with Crippen LogP contribution < -0.4 is 10.0 Å². The number of sulfonamides is 1. The standard InChI is InChI=1S/C12H14N2O4S/c1-7-10-8(14(2)19(3,16)17)5-4-6-9(10)18-11(7)12(13)15/h4-6H,1-3H3,(H2,13,15). The maximum Gasteiger partial charge on any atom is 0.284 e. The van der Waals surface area contributed by atoms with Gasteiger partial charge in [0.05, 0.1) is 11.9 Å². The molecule has 102 valence electrons. The van der Waals surface area contributed by atoms with E-state index in [1.165, 1.54) is 7.05 Å². The molecular formula is C12H14N2O4S. The third-order valence-corrected chi connectivity index (χ3v) is 4.18. The largest absolute Gasteiger partial charge is 0.451 e. The summed E-state index contributed by atoms with van der Waals surface area (Å²) >= 11 is 0. The van der Waals surface area contributed by atoms with Crippen LogP contribution in [0.3, 0.4) is 0 Å². The second-order valence-electron chi connectivity index (χ2n) is 4.30. The molecule has 2 N–H and O–H groups in total. The number of nitrogens with two attached hydrogens (primary N) is 1. The van der Waals surface area contributed by atoms with Gasteiger partial charge in [-0.05, 0) is 19.1 Å². The molecule has 2 rings (SSSR count). The molecule has 0 bridgehead atoms. The highest BCUT2D eigenvalue weighted by Gasteiger charge is 2.21. The van der Waals surface area contributed by atoms with E-state index < -0.39 is 15.9 Å². The van der Waals surface area contributed by atoms with Crippen LogP contribution in [0.5, 0.6) is 0 Å². The van der Waals surface area contributed by atoms with Crippen LogP contribution in [0.25, 0.3) is 11.0 Å². The smallest absolute Gasteiger partial charge is 0.284 e. The summed E-state index contributed by atoms with van der Waals surface area (Å²) < 4.78 is 29.8. The Bertz CT molecular complexity index is 761. The van der Waals surface area contributed by atoms with E-state index in [9.17, 15) is 13.2 Å². The molecule has 7 heteroatoms. The van der Waals surface area contributed by atoms with Gasteiger partial charge in [-0.3, -0.25) is 9.10 Å². The van der Waals surface area contributed by atoms with Crippen LogP contribution in [0, 0.1) is 6.92 Å². The zero-order valence-corrected chi connectivity index (χ0v) is 11.6. The number of amides is 1. The number of primary amides is 1. The number of carbonyl (C=O) groups is 1. The van der Waals surface area contributed by atoms with Gasteiger partial charge in [0.15, 0.2) is 5.76 Å². The maximum atomic E-state index is 11.6. The van der Waals surface area contributed by atoms with E-state index in [2.05, 4.69) is 0 Å². The average molecular weight is 282 g/mol. The van der Waals surface area contributed by atoms with Gasteiger partial charge in [-0.25, -0.2) is 8.42 Å². The van der Waals surface area contributed by atoms with E-state index in [1.54, 1.807) is 25.1 Å². The first-order chi connectivity index (χ1) is 8.73. The summed E-state index contributed by atoms with van der Waals surface area (Å²) in [5.41, 5.74) is 6.64. The number of carbonyl (C=O) groups excluding carboxylic acids is 1. The van der Waals surface area contributed by atoms with Gasteiger partial charge in [0.1, 0.15) is 5.58 Å². The van der Waals surface area contributed by atoms with Crippen molar-refractivity contribution in [2.24, 2.45) is 5.73 Å². The van der Waals surface area contributed by atoms with Crippen LogP contribution in [0.2, 0.25) is 0 Å². The summed E-state index contributed by atoms with van der Waals surface area (Å²) in [6.45, 7) is 1.67. The molecule has 1 amide bonds. The Morgan fingerprint density at radius 2 is 2.00 bits per heavy atom. The van der Waals surface area contributed by atoms with Crippen molar-refractivity contribution in [3.63, 3.8) is 0 Å². The van der Waals surface area contributed by atoms with E-state index in [-0.39, 0.29) is 5.76 Å². The van der Waals surface area contributed by atoms with Crippen LogP contribution in [0.15, 0.2) is 22.6 Å². The Labute approximate surface area is 110 Å².